The Labute approximate surface area is 177 Å². The molecule has 0 amide bonds. The van der Waals surface area contributed by atoms with Gasteiger partial charge in [-0.25, -0.2) is 4.79 Å². The number of hydrogen-bond acceptors (Lipinski definition) is 7. The van der Waals surface area contributed by atoms with Crippen molar-refractivity contribution in [2.45, 2.75) is 32.5 Å². The molecule has 7 nitrogen and oxygen atoms in total. The van der Waals surface area contributed by atoms with E-state index in [0.29, 0.717) is 25.4 Å². The highest BCUT2D eigenvalue weighted by Crippen LogP contribution is 2.19. The number of carbonyl (C=O) groups is 1. The highest BCUT2D eigenvalue weighted by Gasteiger charge is 2.16. The van der Waals surface area contributed by atoms with Crippen LogP contribution in [-0.2, 0) is 14.3 Å². The fourth-order valence-corrected chi connectivity index (χ4v) is 2.53. The van der Waals surface area contributed by atoms with Gasteiger partial charge in [0, 0.05) is 13.0 Å². The summed E-state index contributed by atoms with van der Waals surface area (Å²) in [5.74, 6) is 2.42. The topological polar surface area (TPSA) is 72.5 Å². The predicted octanol–water partition coefficient (Wildman–Crippen LogP) is 3.89. The molecule has 2 unspecified atom stereocenters. The van der Waals surface area contributed by atoms with E-state index >= 15 is 0 Å². The van der Waals surface area contributed by atoms with E-state index in [2.05, 4.69) is 0 Å². The van der Waals surface area contributed by atoms with Crippen LogP contribution < -0.4 is 18.9 Å². The molecule has 2 aromatic rings. The molecular formula is C23H30O7. The van der Waals surface area contributed by atoms with Gasteiger partial charge in [0.25, 0.3) is 0 Å². The van der Waals surface area contributed by atoms with Crippen LogP contribution in [0.4, 0.5) is 0 Å². The first-order valence-corrected chi connectivity index (χ1v) is 9.87. The van der Waals surface area contributed by atoms with Crippen molar-refractivity contribution in [3.05, 3.63) is 48.5 Å². The number of rotatable bonds is 13. The second-order valence-corrected chi connectivity index (χ2v) is 6.64. The molecule has 7 heteroatoms. The first-order chi connectivity index (χ1) is 14.5. The van der Waals surface area contributed by atoms with Crippen LogP contribution in [0.3, 0.4) is 0 Å². The van der Waals surface area contributed by atoms with Gasteiger partial charge in [0.2, 0.25) is 0 Å². The van der Waals surface area contributed by atoms with Crippen LogP contribution in [0.1, 0.15) is 20.3 Å². The van der Waals surface area contributed by atoms with E-state index in [9.17, 15) is 4.79 Å². The Bertz CT molecular complexity index is 743. The van der Waals surface area contributed by atoms with Gasteiger partial charge in [0.1, 0.15) is 29.1 Å². The third-order valence-corrected chi connectivity index (χ3v) is 4.13. The number of esters is 1. The molecule has 30 heavy (non-hydrogen) atoms. The van der Waals surface area contributed by atoms with Gasteiger partial charge >= 0.3 is 5.97 Å². The lowest BCUT2D eigenvalue weighted by Gasteiger charge is -2.16. The lowest BCUT2D eigenvalue weighted by atomic mass is 10.3. The lowest BCUT2D eigenvalue weighted by Crippen LogP contribution is -2.26. The second kappa shape index (κ2) is 12.6. The molecule has 0 radical (unpaired) electrons. The molecule has 0 aromatic heterocycles. The lowest BCUT2D eigenvalue weighted by molar-refractivity contribution is -0.151. The van der Waals surface area contributed by atoms with Crippen molar-refractivity contribution in [2.24, 2.45) is 0 Å². The standard InChI is InChI=1S/C23H30O7/c1-17(29-21-10-6-19(25-3)7-11-21)16-27-14-5-15-28-23(24)18(2)30-22-12-8-20(26-4)9-13-22/h6-13,17-18H,5,14-16H2,1-4H3. The smallest absolute Gasteiger partial charge is 0.347 e. The fourth-order valence-electron chi connectivity index (χ4n) is 2.53. The fraction of sp³-hybridized carbons (Fsp3) is 0.435. The first kappa shape index (κ1) is 23.3. The number of carbonyl (C=O) groups excluding carboxylic acids is 1. The van der Waals surface area contributed by atoms with Crippen LogP contribution in [0.25, 0.3) is 0 Å². The van der Waals surface area contributed by atoms with Crippen LogP contribution in [0.5, 0.6) is 23.0 Å². The summed E-state index contributed by atoms with van der Waals surface area (Å²) >= 11 is 0. The van der Waals surface area contributed by atoms with Gasteiger partial charge in [0.05, 0.1) is 27.4 Å². The quantitative estimate of drug-likeness (QED) is 0.361. The van der Waals surface area contributed by atoms with E-state index in [1.54, 1.807) is 45.4 Å². The molecule has 2 rings (SSSR count). The van der Waals surface area contributed by atoms with Crippen molar-refractivity contribution in [1.29, 1.82) is 0 Å². The zero-order valence-electron chi connectivity index (χ0n) is 18.0. The Kier molecular flexibility index (Phi) is 9.80. The Morgan fingerprint density at radius 3 is 1.80 bits per heavy atom. The van der Waals surface area contributed by atoms with E-state index in [-0.39, 0.29) is 12.7 Å². The van der Waals surface area contributed by atoms with Crippen molar-refractivity contribution in [3.63, 3.8) is 0 Å². The second-order valence-electron chi connectivity index (χ2n) is 6.64. The van der Waals surface area contributed by atoms with E-state index in [0.717, 1.165) is 17.2 Å². The molecule has 0 saturated heterocycles. The van der Waals surface area contributed by atoms with Crippen molar-refractivity contribution < 1.29 is 33.2 Å². The zero-order chi connectivity index (χ0) is 21.8. The molecule has 164 valence electrons. The number of ether oxygens (including phenoxy) is 6. The molecule has 2 atom stereocenters. The average Bonchev–Trinajstić information content (AvgIpc) is 2.77. The van der Waals surface area contributed by atoms with Gasteiger partial charge in [0.15, 0.2) is 6.10 Å². The van der Waals surface area contributed by atoms with Crippen LogP contribution >= 0.6 is 0 Å². The molecule has 0 saturated carbocycles. The normalized spacial score (nSPS) is 12.5. The van der Waals surface area contributed by atoms with Gasteiger partial charge in [-0.1, -0.05) is 0 Å². The van der Waals surface area contributed by atoms with Crippen molar-refractivity contribution in [3.8, 4) is 23.0 Å². The minimum Gasteiger partial charge on any atom is -0.497 e. The Morgan fingerprint density at radius 1 is 0.767 bits per heavy atom. The largest absolute Gasteiger partial charge is 0.497 e. The summed E-state index contributed by atoms with van der Waals surface area (Å²) < 4.78 is 32.4. The summed E-state index contributed by atoms with van der Waals surface area (Å²) in [6, 6.07) is 14.4. The Morgan fingerprint density at radius 2 is 1.27 bits per heavy atom. The minimum atomic E-state index is -0.697. The third-order valence-electron chi connectivity index (χ3n) is 4.13. The highest BCUT2D eigenvalue weighted by atomic mass is 16.6. The van der Waals surface area contributed by atoms with E-state index in [1.807, 2.05) is 31.2 Å². The molecule has 0 fully saturated rings. The molecule has 0 aliphatic rings. The maximum Gasteiger partial charge on any atom is 0.347 e. The summed E-state index contributed by atoms with van der Waals surface area (Å²) in [5, 5.41) is 0. The van der Waals surface area contributed by atoms with E-state index < -0.39 is 12.1 Å². The first-order valence-electron chi connectivity index (χ1n) is 9.87. The number of hydrogen-bond donors (Lipinski definition) is 0. The monoisotopic (exact) mass is 418 g/mol. The van der Waals surface area contributed by atoms with Crippen LogP contribution in [0.2, 0.25) is 0 Å². The van der Waals surface area contributed by atoms with Gasteiger partial charge in [-0.2, -0.15) is 0 Å². The van der Waals surface area contributed by atoms with Gasteiger partial charge in [-0.3, -0.25) is 0 Å². The van der Waals surface area contributed by atoms with Crippen molar-refractivity contribution in [2.75, 3.05) is 34.0 Å². The maximum absolute atomic E-state index is 12.0. The van der Waals surface area contributed by atoms with E-state index in [1.165, 1.54) is 0 Å². The van der Waals surface area contributed by atoms with Gasteiger partial charge in [-0.15, -0.1) is 0 Å². The summed E-state index contributed by atoms with van der Waals surface area (Å²) in [7, 11) is 3.21. The SMILES string of the molecule is COc1ccc(OC(C)COCCCOC(=O)C(C)Oc2ccc(OC)cc2)cc1. The van der Waals surface area contributed by atoms with Crippen LogP contribution in [-0.4, -0.2) is 52.2 Å². The summed E-state index contributed by atoms with van der Waals surface area (Å²) in [4.78, 5) is 12.0. The summed E-state index contributed by atoms with van der Waals surface area (Å²) in [6.07, 6.45) is -0.202. The zero-order valence-corrected chi connectivity index (χ0v) is 18.0. The Balaban J connectivity index is 1.55. The molecule has 0 N–H and O–H groups in total. The average molecular weight is 418 g/mol. The van der Waals surface area contributed by atoms with E-state index in [4.69, 9.17) is 28.4 Å². The third kappa shape index (κ3) is 8.21. The molecular weight excluding hydrogens is 388 g/mol. The minimum absolute atomic E-state index is 0.0983. The maximum atomic E-state index is 12.0. The molecule has 2 aromatic carbocycles. The van der Waals surface area contributed by atoms with Crippen molar-refractivity contribution >= 4 is 5.97 Å². The van der Waals surface area contributed by atoms with Crippen molar-refractivity contribution in [1.82, 2.24) is 0 Å². The molecule has 0 heterocycles. The van der Waals surface area contributed by atoms with Crippen LogP contribution in [0.15, 0.2) is 48.5 Å². The Hall–Kier alpha value is -2.93. The highest BCUT2D eigenvalue weighted by molar-refractivity contribution is 5.74. The number of methoxy groups -OCH3 is 2. The van der Waals surface area contributed by atoms with Gasteiger partial charge in [-0.05, 0) is 62.4 Å². The van der Waals surface area contributed by atoms with Crippen LogP contribution in [0, 0.1) is 0 Å². The summed E-state index contributed by atoms with van der Waals surface area (Å²) in [6.45, 7) is 4.76. The summed E-state index contributed by atoms with van der Waals surface area (Å²) in [5.41, 5.74) is 0. The molecule has 0 spiro atoms. The number of benzene rings is 2. The predicted molar refractivity (Wildman–Crippen MR) is 113 cm³/mol. The molecule has 0 bridgehead atoms. The molecule has 0 aliphatic carbocycles. The molecule has 0 aliphatic heterocycles. The van der Waals surface area contributed by atoms with Gasteiger partial charge < -0.3 is 28.4 Å².